The van der Waals surface area contributed by atoms with E-state index in [4.69, 9.17) is 0 Å². The molecule has 0 saturated heterocycles. The van der Waals surface area contributed by atoms with Gasteiger partial charge in [0.1, 0.15) is 0 Å². The Labute approximate surface area is 114 Å². The van der Waals surface area contributed by atoms with Gasteiger partial charge >= 0.3 is 0 Å². The molecular weight excluding hydrogens is 391 g/mol. The number of fused-ring (bicyclic) bond motifs is 1. The molecule has 0 bridgehead atoms. The Bertz CT molecular complexity index is 464. The molecule has 1 aromatic carbocycles. The zero-order chi connectivity index (χ0) is 10.1. The van der Waals surface area contributed by atoms with Crippen molar-refractivity contribution < 1.29 is 0 Å². The molecule has 0 aliphatic carbocycles. The quantitative estimate of drug-likeness (QED) is 0.384. The Balaban J connectivity index is 2.82. The summed E-state index contributed by atoms with van der Waals surface area (Å²) in [6.07, 6.45) is 2.13. The third kappa shape index (κ3) is 1.86. The summed E-state index contributed by atoms with van der Waals surface area (Å²) in [5, 5.41) is 4.51. The van der Waals surface area contributed by atoms with Crippen LogP contribution in [0.5, 0.6) is 0 Å². The van der Waals surface area contributed by atoms with Crippen LogP contribution in [-0.4, -0.2) is 6.26 Å². The standard InChI is InChI=1S/C10H8BrIS2/c1-13-9-4-8(12)10-6(2-3-14-10)7(9)5-11/h2-4H,5H2,1H3. The van der Waals surface area contributed by atoms with Crippen LogP contribution < -0.4 is 0 Å². The third-order valence-electron chi connectivity index (χ3n) is 2.12. The second-order valence-electron chi connectivity index (χ2n) is 2.84. The summed E-state index contributed by atoms with van der Waals surface area (Å²) in [5.74, 6) is 0. The molecule has 0 radical (unpaired) electrons. The molecule has 74 valence electrons. The molecule has 0 aliphatic heterocycles. The highest BCUT2D eigenvalue weighted by atomic mass is 127. The first-order valence-electron chi connectivity index (χ1n) is 4.06. The Morgan fingerprint density at radius 2 is 2.36 bits per heavy atom. The lowest BCUT2D eigenvalue weighted by atomic mass is 10.1. The van der Waals surface area contributed by atoms with Crippen molar-refractivity contribution >= 4 is 71.7 Å². The molecule has 4 heteroatoms. The molecule has 1 aromatic heterocycles. The predicted octanol–water partition coefficient (Wildman–Crippen LogP) is 5.12. The van der Waals surface area contributed by atoms with Gasteiger partial charge in [-0.3, -0.25) is 0 Å². The number of rotatable bonds is 2. The third-order valence-corrected chi connectivity index (χ3v) is 5.65. The van der Waals surface area contributed by atoms with E-state index >= 15 is 0 Å². The van der Waals surface area contributed by atoms with Gasteiger partial charge < -0.3 is 0 Å². The van der Waals surface area contributed by atoms with Gasteiger partial charge in [0.25, 0.3) is 0 Å². The van der Waals surface area contributed by atoms with E-state index in [2.05, 4.69) is 62.3 Å². The zero-order valence-corrected chi connectivity index (χ0v) is 12.9. The van der Waals surface area contributed by atoms with E-state index in [0.29, 0.717) is 0 Å². The van der Waals surface area contributed by atoms with Crippen molar-refractivity contribution in [3.63, 3.8) is 0 Å². The lowest BCUT2D eigenvalue weighted by Gasteiger charge is -2.07. The summed E-state index contributed by atoms with van der Waals surface area (Å²) in [5.41, 5.74) is 1.43. The van der Waals surface area contributed by atoms with Crippen molar-refractivity contribution in [1.82, 2.24) is 0 Å². The first kappa shape index (κ1) is 11.2. The molecule has 14 heavy (non-hydrogen) atoms. The van der Waals surface area contributed by atoms with Gasteiger partial charge in [-0.25, -0.2) is 0 Å². The minimum atomic E-state index is 0.938. The summed E-state index contributed by atoms with van der Waals surface area (Å²) >= 11 is 9.63. The van der Waals surface area contributed by atoms with Gasteiger partial charge in [-0.15, -0.1) is 23.1 Å². The second kappa shape index (κ2) is 4.72. The Morgan fingerprint density at radius 3 is 3.00 bits per heavy atom. The highest BCUT2D eigenvalue weighted by Gasteiger charge is 2.10. The molecule has 0 amide bonds. The van der Waals surface area contributed by atoms with Crippen LogP contribution in [0.4, 0.5) is 0 Å². The maximum Gasteiger partial charge on any atom is 0.0480 e. The topological polar surface area (TPSA) is 0 Å². The van der Waals surface area contributed by atoms with Gasteiger partial charge in [0.05, 0.1) is 0 Å². The molecule has 0 spiro atoms. The van der Waals surface area contributed by atoms with E-state index in [0.717, 1.165) is 5.33 Å². The fourth-order valence-electron chi connectivity index (χ4n) is 1.45. The van der Waals surface area contributed by atoms with Crippen molar-refractivity contribution in [2.75, 3.05) is 6.26 Å². The number of benzene rings is 1. The van der Waals surface area contributed by atoms with Crippen LogP contribution in [-0.2, 0) is 5.33 Å². The summed E-state index contributed by atoms with van der Waals surface area (Å²) in [7, 11) is 0. The normalized spacial score (nSPS) is 11.1. The molecule has 0 N–H and O–H groups in total. The van der Waals surface area contributed by atoms with Crippen molar-refractivity contribution in [3.8, 4) is 0 Å². The molecule has 0 aliphatic rings. The van der Waals surface area contributed by atoms with Gasteiger partial charge in [0, 0.05) is 18.5 Å². The molecule has 0 fully saturated rings. The highest BCUT2D eigenvalue weighted by molar-refractivity contribution is 14.1. The molecule has 2 rings (SSSR count). The monoisotopic (exact) mass is 398 g/mol. The van der Waals surface area contributed by atoms with E-state index in [-0.39, 0.29) is 0 Å². The van der Waals surface area contributed by atoms with Crippen LogP contribution in [0.25, 0.3) is 10.1 Å². The van der Waals surface area contributed by atoms with E-state index in [1.54, 1.807) is 0 Å². The fourth-order valence-corrected chi connectivity index (χ4v) is 4.93. The lowest BCUT2D eigenvalue weighted by Crippen LogP contribution is -1.86. The van der Waals surface area contributed by atoms with Gasteiger partial charge in [0.2, 0.25) is 0 Å². The van der Waals surface area contributed by atoms with Crippen LogP contribution in [0.15, 0.2) is 22.4 Å². The SMILES string of the molecule is CSc1cc(I)c2sccc2c1CBr. The van der Waals surface area contributed by atoms with Crippen molar-refractivity contribution in [3.05, 3.63) is 26.6 Å². The van der Waals surface area contributed by atoms with Crippen molar-refractivity contribution in [1.29, 1.82) is 0 Å². The predicted molar refractivity (Wildman–Crippen MR) is 79.0 cm³/mol. The first-order valence-corrected chi connectivity index (χ1v) is 8.37. The number of thioether (sulfide) groups is 1. The fraction of sp³-hybridized carbons (Fsp3) is 0.200. The molecular formula is C10H8BrIS2. The molecule has 0 nitrogen and oxygen atoms in total. The minimum absolute atomic E-state index is 0.938. The Morgan fingerprint density at radius 1 is 1.57 bits per heavy atom. The Kier molecular flexibility index (Phi) is 3.79. The lowest BCUT2D eigenvalue weighted by molar-refractivity contribution is 1.32. The second-order valence-corrected chi connectivity index (χ2v) is 6.32. The van der Waals surface area contributed by atoms with E-state index < -0.39 is 0 Å². The van der Waals surface area contributed by atoms with Gasteiger partial charge in [-0.05, 0) is 57.3 Å². The number of alkyl halides is 1. The van der Waals surface area contributed by atoms with E-state index in [1.165, 1.54) is 24.1 Å². The molecule has 2 aromatic rings. The van der Waals surface area contributed by atoms with Crippen LogP contribution in [0.1, 0.15) is 5.56 Å². The Hall–Kier alpha value is 0.740. The molecule has 0 atom stereocenters. The summed E-state index contributed by atoms with van der Waals surface area (Å²) in [6.45, 7) is 0. The van der Waals surface area contributed by atoms with Crippen molar-refractivity contribution in [2.45, 2.75) is 10.2 Å². The van der Waals surface area contributed by atoms with Gasteiger partial charge in [-0.1, -0.05) is 15.9 Å². The van der Waals surface area contributed by atoms with E-state index in [9.17, 15) is 0 Å². The maximum atomic E-state index is 3.57. The van der Waals surface area contributed by atoms with Gasteiger partial charge in [-0.2, -0.15) is 0 Å². The van der Waals surface area contributed by atoms with E-state index in [1.807, 2.05) is 23.1 Å². The smallest absolute Gasteiger partial charge is 0.0480 e. The van der Waals surface area contributed by atoms with Crippen LogP contribution in [0, 0.1) is 3.57 Å². The molecule has 0 saturated carbocycles. The summed E-state index contributed by atoms with van der Waals surface area (Å²) in [6, 6.07) is 4.50. The van der Waals surface area contributed by atoms with Crippen LogP contribution in [0.3, 0.4) is 0 Å². The number of halogens is 2. The number of hydrogen-bond donors (Lipinski definition) is 0. The average molecular weight is 399 g/mol. The first-order chi connectivity index (χ1) is 6.77. The summed E-state index contributed by atoms with van der Waals surface area (Å²) < 4.78 is 2.78. The largest absolute Gasteiger partial charge is 0.143 e. The van der Waals surface area contributed by atoms with Gasteiger partial charge in [0.15, 0.2) is 0 Å². The number of thiophene rings is 1. The average Bonchev–Trinajstić information content (AvgIpc) is 2.66. The van der Waals surface area contributed by atoms with Crippen LogP contribution in [0.2, 0.25) is 0 Å². The maximum absolute atomic E-state index is 3.57. The molecule has 0 unspecified atom stereocenters. The number of hydrogen-bond acceptors (Lipinski definition) is 2. The molecule has 1 heterocycles. The minimum Gasteiger partial charge on any atom is -0.143 e. The highest BCUT2D eigenvalue weighted by Crippen LogP contribution is 2.36. The van der Waals surface area contributed by atoms with Crippen molar-refractivity contribution in [2.24, 2.45) is 0 Å². The summed E-state index contributed by atoms with van der Waals surface area (Å²) in [4.78, 5) is 1.39. The zero-order valence-electron chi connectivity index (χ0n) is 7.51. The van der Waals surface area contributed by atoms with Crippen LogP contribution >= 0.6 is 61.6 Å².